The highest BCUT2D eigenvalue weighted by Gasteiger charge is 2.45. The van der Waals surface area contributed by atoms with Crippen molar-refractivity contribution in [3.05, 3.63) is 29.3 Å². The first kappa shape index (κ1) is 31.4. The van der Waals surface area contributed by atoms with Crippen LogP contribution >= 0.6 is 0 Å². The van der Waals surface area contributed by atoms with Gasteiger partial charge in [-0.3, -0.25) is 4.79 Å². The second kappa shape index (κ2) is 13.5. The molecule has 39 heavy (non-hydrogen) atoms. The van der Waals surface area contributed by atoms with E-state index in [1.165, 1.54) is 5.56 Å². The number of carbonyl (C=O) groups excluding carboxylic acids is 1. The van der Waals surface area contributed by atoms with Crippen molar-refractivity contribution in [2.45, 2.75) is 91.8 Å². The molecule has 0 spiro atoms. The number of aliphatic hydroxyl groups excluding tert-OH is 2. The molecule has 8 heteroatoms. The highest BCUT2D eigenvalue weighted by atomic mass is 16.6. The Morgan fingerprint density at radius 3 is 2.51 bits per heavy atom. The van der Waals surface area contributed by atoms with Gasteiger partial charge in [-0.1, -0.05) is 46.8 Å². The van der Waals surface area contributed by atoms with Crippen LogP contribution in [0, 0.1) is 28.6 Å². The predicted octanol–water partition coefficient (Wildman–Crippen LogP) is 4.42. The summed E-state index contributed by atoms with van der Waals surface area (Å²) in [7, 11) is 0. The zero-order chi connectivity index (χ0) is 28.8. The summed E-state index contributed by atoms with van der Waals surface area (Å²) < 4.78 is 16.1. The maximum atomic E-state index is 12.1. The fourth-order valence-corrected chi connectivity index (χ4v) is 6.82. The van der Waals surface area contributed by atoms with Crippen molar-refractivity contribution in [3.8, 4) is 5.75 Å². The zero-order valence-corrected chi connectivity index (χ0v) is 24.3. The van der Waals surface area contributed by atoms with Crippen molar-refractivity contribution >= 4 is 11.9 Å². The van der Waals surface area contributed by atoms with Crippen LogP contribution in [-0.4, -0.2) is 65.9 Å². The molecule has 2 aliphatic rings. The van der Waals surface area contributed by atoms with Gasteiger partial charge < -0.3 is 29.5 Å². The average Bonchev–Trinajstić information content (AvgIpc) is 3.13. The van der Waals surface area contributed by atoms with Gasteiger partial charge in [0.25, 0.3) is 0 Å². The lowest BCUT2D eigenvalue weighted by Gasteiger charge is -2.38. The number of hydrogen-bond acceptors (Lipinski definition) is 7. The van der Waals surface area contributed by atoms with Crippen LogP contribution in [0.25, 0.3) is 0 Å². The molecule has 0 amide bonds. The Balaban J connectivity index is 1.52. The molecule has 1 aromatic rings. The monoisotopic (exact) mass is 548 g/mol. The minimum Gasteiger partial charge on any atom is -0.482 e. The molecular weight excluding hydrogens is 500 g/mol. The Hall–Kier alpha value is -2.16. The number of rotatable bonds is 14. The van der Waals surface area contributed by atoms with Crippen LogP contribution in [0.2, 0.25) is 0 Å². The molecular formula is C31H48O8. The smallest absolute Gasteiger partial charge is 0.344 e. The van der Waals surface area contributed by atoms with E-state index >= 15 is 0 Å². The van der Waals surface area contributed by atoms with Crippen LogP contribution < -0.4 is 4.74 Å². The van der Waals surface area contributed by atoms with Crippen LogP contribution in [0.15, 0.2) is 18.2 Å². The van der Waals surface area contributed by atoms with Crippen molar-refractivity contribution in [1.29, 1.82) is 0 Å². The molecule has 0 saturated heterocycles. The van der Waals surface area contributed by atoms with E-state index in [1.807, 2.05) is 12.1 Å². The van der Waals surface area contributed by atoms with E-state index in [4.69, 9.17) is 19.3 Å². The topological polar surface area (TPSA) is 123 Å². The van der Waals surface area contributed by atoms with Crippen molar-refractivity contribution < 1.29 is 39.1 Å². The molecule has 0 bridgehead atoms. The molecule has 0 aromatic heterocycles. The van der Waals surface area contributed by atoms with Gasteiger partial charge in [0.05, 0.1) is 31.8 Å². The number of aliphatic hydroxyl groups is 2. The lowest BCUT2D eigenvalue weighted by atomic mass is 9.70. The third-order valence-electron chi connectivity index (χ3n) is 8.30. The molecule has 5 atom stereocenters. The van der Waals surface area contributed by atoms with Crippen molar-refractivity contribution in [2.75, 3.05) is 26.4 Å². The van der Waals surface area contributed by atoms with E-state index < -0.39 is 18.0 Å². The molecule has 1 aromatic carbocycles. The van der Waals surface area contributed by atoms with Crippen molar-refractivity contribution in [1.82, 2.24) is 0 Å². The largest absolute Gasteiger partial charge is 0.482 e. The average molecular weight is 549 g/mol. The molecule has 1 fully saturated rings. The molecule has 8 nitrogen and oxygen atoms in total. The number of carbonyl (C=O) groups is 2. The molecule has 3 rings (SSSR count). The number of benzene rings is 1. The van der Waals surface area contributed by atoms with Crippen molar-refractivity contribution in [2.24, 2.45) is 28.6 Å². The second-order valence-corrected chi connectivity index (χ2v) is 13.3. The van der Waals surface area contributed by atoms with E-state index in [9.17, 15) is 19.8 Å². The zero-order valence-electron chi connectivity index (χ0n) is 24.3. The van der Waals surface area contributed by atoms with Crippen LogP contribution in [-0.2, 0) is 31.9 Å². The summed E-state index contributed by atoms with van der Waals surface area (Å²) in [6.45, 7) is 10.9. The van der Waals surface area contributed by atoms with Crippen LogP contribution in [0.3, 0.4) is 0 Å². The molecule has 0 radical (unpaired) electrons. The van der Waals surface area contributed by atoms with E-state index in [2.05, 4.69) is 40.7 Å². The number of aliphatic carboxylic acids is 1. The van der Waals surface area contributed by atoms with Gasteiger partial charge in [-0.2, -0.15) is 0 Å². The molecule has 3 N–H and O–H groups in total. The third kappa shape index (κ3) is 9.19. The van der Waals surface area contributed by atoms with E-state index in [1.54, 1.807) is 0 Å². The maximum absolute atomic E-state index is 12.1. The fraction of sp³-hybridized carbons (Fsp3) is 0.742. The molecule has 2 aliphatic carbocycles. The van der Waals surface area contributed by atoms with E-state index in [0.29, 0.717) is 24.0 Å². The van der Waals surface area contributed by atoms with Gasteiger partial charge in [-0.25, -0.2) is 4.79 Å². The minimum atomic E-state index is -0.935. The summed E-state index contributed by atoms with van der Waals surface area (Å²) in [4.78, 5) is 22.6. The lowest BCUT2D eigenvalue weighted by molar-refractivity contribution is -0.148. The Kier molecular flexibility index (Phi) is 10.8. The van der Waals surface area contributed by atoms with Gasteiger partial charge in [0.1, 0.15) is 12.4 Å². The minimum absolute atomic E-state index is 0.0415. The molecule has 0 heterocycles. The summed E-state index contributed by atoms with van der Waals surface area (Å²) in [5.74, 6) is 0.115. The maximum Gasteiger partial charge on any atom is 0.344 e. The molecule has 0 aliphatic heterocycles. The Labute approximate surface area is 233 Å². The number of esters is 1. The number of fused-ring (bicyclic) bond motifs is 2. The SMILES string of the molecule is CC(C)(C)CC(C)(C)[C@H](O)CC[C@@H]1[C@H]2Cc3cccc(OCC(=O)OCCOCCC(=O)O)c3C[C@H]2C[C@H]1O. The van der Waals surface area contributed by atoms with Crippen molar-refractivity contribution in [3.63, 3.8) is 0 Å². The van der Waals surface area contributed by atoms with Crippen LogP contribution in [0.1, 0.15) is 77.8 Å². The van der Waals surface area contributed by atoms with Gasteiger partial charge in [-0.15, -0.1) is 0 Å². The van der Waals surface area contributed by atoms with Gasteiger partial charge in [0.15, 0.2) is 6.61 Å². The van der Waals surface area contributed by atoms with E-state index in [0.717, 1.165) is 37.7 Å². The number of ether oxygens (including phenoxy) is 3. The summed E-state index contributed by atoms with van der Waals surface area (Å²) in [6.07, 6.45) is 3.98. The molecule has 220 valence electrons. The van der Waals surface area contributed by atoms with E-state index in [-0.39, 0.29) is 55.7 Å². The van der Waals surface area contributed by atoms with Gasteiger partial charge in [-0.05, 0) is 84.3 Å². The molecule has 0 unspecified atom stereocenters. The Bertz CT molecular complexity index is 966. The Morgan fingerprint density at radius 1 is 1.08 bits per heavy atom. The first-order valence-electron chi connectivity index (χ1n) is 14.3. The second-order valence-electron chi connectivity index (χ2n) is 13.3. The number of carboxylic acid groups (broad SMARTS) is 1. The summed E-state index contributed by atoms with van der Waals surface area (Å²) >= 11 is 0. The first-order chi connectivity index (χ1) is 18.3. The predicted molar refractivity (Wildman–Crippen MR) is 148 cm³/mol. The quantitative estimate of drug-likeness (QED) is 0.231. The normalized spacial score (nSPS) is 23.6. The van der Waals surface area contributed by atoms with Crippen LogP contribution in [0.4, 0.5) is 0 Å². The van der Waals surface area contributed by atoms with Gasteiger partial charge >= 0.3 is 11.9 Å². The molecule has 1 saturated carbocycles. The number of carboxylic acids is 1. The first-order valence-corrected chi connectivity index (χ1v) is 14.3. The Morgan fingerprint density at radius 2 is 1.82 bits per heavy atom. The summed E-state index contributed by atoms with van der Waals surface area (Å²) in [5, 5.41) is 30.6. The summed E-state index contributed by atoms with van der Waals surface area (Å²) in [6, 6.07) is 5.92. The lowest BCUT2D eigenvalue weighted by Crippen LogP contribution is -2.35. The van der Waals surface area contributed by atoms with Gasteiger partial charge in [0.2, 0.25) is 0 Å². The standard InChI is InChI=1S/C31H48O8/c1-30(2,3)19-31(4,5)27(33)10-9-22-23-15-20-7-6-8-26(24(20)16-21(23)17-25(22)32)39-18-29(36)38-14-13-37-12-11-28(34)35/h6-8,21-23,25,27,32-33H,9-19H2,1-5H3,(H,34,35)/t21-,22+,23-,25+,27+/m0/s1. The number of hydrogen-bond donors (Lipinski definition) is 3. The highest BCUT2D eigenvalue weighted by Crippen LogP contribution is 2.49. The highest BCUT2D eigenvalue weighted by molar-refractivity contribution is 5.71. The fourth-order valence-electron chi connectivity index (χ4n) is 6.82. The third-order valence-corrected chi connectivity index (χ3v) is 8.30. The van der Waals surface area contributed by atoms with Gasteiger partial charge in [0, 0.05) is 0 Å². The summed E-state index contributed by atoms with van der Waals surface area (Å²) in [5.41, 5.74) is 2.26. The van der Waals surface area contributed by atoms with Crippen LogP contribution in [0.5, 0.6) is 5.75 Å².